The SMILES string of the molecule is N#CC(C#N)=NNc1cc(F)c(F)c(Br)c1. The van der Waals surface area contributed by atoms with E-state index in [-0.39, 0.29) is 10.2 Å². The number of hydrazone groups is 1. The van der Waals surface area contributed by atoms with Crippen LogP contribution in [-0.2, 0) is 0 Å². The Kier molecular flexibility index (Phi) is 3.92. The third-order valence-electron chi connectivity index (χ3n) is 1.49. The number of nitrogens with zero attached hydrogens (tertiary/aromatic N) is 3. The maximum atomic E-state index is 12.9. The van der Waals surface area contributed by atoms with Crippen molar-refractivity contribution in [2.24, 2.45) is 5.10 Å². The number of anilines is 1. The largest absolute Gasteiger partial charge is 0.276 e. The summed E-state index contributed by atoms with van der Waals surface area (Å²) in [6, 6.07) is 5.11. The number of nitriles is 2. The molecule has 0 saturated carbocycles. The van der Waals surface area contributed by atoms with E-state index in [9.17, 15) is 8.78 Å². The van der Waals surface area contributed by atoms with E-state index in [1.165, 1.54) is 18.2 Å². The lowest BCUT2D eigenvalue weighted by molar-refractivity contribution is 0.504. The van der Waals surface area contributed by atoms with Crippen molar-refractivity contribution in [3.8, 4) is 12.1 Å². The van der Waals surface area contributed by atoms with Crippen molar-refractivity contribution in [3.63, 3.8) is 0 Å². The smallest absolute Gasteiger partial charge is 0.237 e. The summed E-state index contributed by atoms with van der Waals surface area (Å²) in [7, 11) is 0. The number of benzene rings is 1. The molecule has 0 bridgehead atoms. The topological polar surface area (TPSA) is 72.0 Å². The molecule has 7 heteroatoms. The van der Waals surface area contributed by atoms with E-state index in [4.69, 9.17) is 10.5 Å². The van der Waals surface area contributed by atoms with E-state index in [2.05, 4.69) is 26.5 Å². The predicted octanol–water partition coefficient (Wildman–Crippen LogP) is 2.54. The summed E-state index contributed by atoms with van der Waals surface area (Å²) in [5.41, 5.74) is 1.97. The summed E-state index contributed by atoms with van der Waals surface area (Å²) < 4.78 is 25.7. The van der Waals surface area contributed by atoms with Crippen molar-refractivity contribution in [1.29, 1.82) is 10.5 Å². The van der Waals surface area contributed by atoms with Gasteiger partial charge in [0.25, 0.3) is 0 Å². The van der Waals surface area contributed by atoms with Crippen LogP contribution in [0.15, 0.2) is 21.7 Å². The lowest BCUT2D eigenvalue weighted by Crippen LogP contribution is -1.98. The Balaban J connectivity index is 2.98. The van der Waals surface area contributed by atoms with Crippen LogP contribution in [0.25, 0.3) is 0 Å². The van der Waals surface area contributed by atoms with Crippen LogP contribution in [0.4, 0.5) is 14.5 Å². The average molecular weight is 285 g/mol. The number of hydrogen-bond acceptors (Lipinski definition) is 4. The second kappa shape index (κ2) is 5.19. The molecule has 0 aliphatic heterocycles. The number of rotatable bonds is 2. The zero-order chi connectivity index (χ0) is 12.1. The van der Waals surface area contributed by atoms with Gasteiger partial charge in [-0.25, -0.2) is 8.78 Å². The summed E-state index contributed by atoms with van der Waals surface area (Å²) in [6.45, 7) is 0. The molecule has 0 heterocycles. The lowest BCUT2D eigenvalue weighted by atomic mass is 10.3. The normalized spacial score (nSPS) is 8.81. The number of halogens is 3. The van der Waals surface area contributed by atoms with Crippen LogP contribution in [0, 0.1) is 34.3 Å². The van der Waals surface area contributed by atoms with Crippen LogP contribution in [0.5, 0.6) is 0 Å². The molecule has 0 radical (unpaired) electrons. The summed E-state index contributed by atoms with van der Waals surface area (Å²) in [6.07, 6.45) is 0. The highest BCUT2D eigenvalue weighted by molar-refractivity contribution is 9.10. The second-order valence-electron chi connectivity index (χ2n) is 2.55. The molecule has 0 amide bonds. The first kappa shape index (κ1) is 12.1. The van der Waals surface area contributed by atoms with E-state index in [0.717, 1.165) is 6.07 Å². The molecule has 0 aromatic heterocycles. The summed E-state index contributed by atoms with van der Waals surface area (Å²) in [5, 5.41) is 20.1. The predicted molar refractivity (Wildman–Crippen MR) is 56.3 cm³/mol. The minimum Gasteiger partial charge on any atom is -0.276 e. The highest BCUT2D eigenvalue weighted by Gasteiger charge is 2.08. The zero-order valence-corrected chi connectivity index (χ0v) is 9.22. The fourth-order valence-electron chi connectivity index (χ4n) is 0.816. The van der Waals surface area contributed by atoms with E-state index in [0.29, 0.717) is 0 Å². The maximum absolute atomic E-state index is 12.9. The van der Waals surface area contributed by atoms with Gasteiger partial charge in [-0.2, -0.15) is 15.6 Å². The van der Waals surface area contributed by atoms with Crippen molar-refractivity contribution >= 4 is 27.3 Å². The third kappa shape index (κ3) is 2.75. The van der Waals surface area contributed by atoms with Gasteiger partial charge in [-0.05, 0) is 22.0 Å². The van der Waals surface area contributed by atoms with Crippen LogP contribution in [0.1, 0.15) is 0 Å². The van der Waals surface area contributed by atoms with Crippen LogP contribution < -0.4 is 5.43 Å². The summed E-state index contributed by atoms with van der Waals surface area (Å²) in [4.78, 5) is 0. The molecule has 0 fully saturated rings. The van der Waals surface area contributed by atoms with Crippen LogP contribution >= 0.6 is 15.9 Å². The van der Waals surface area contributed by atoms with Crippen molar-refractivity contribution in [3.05, 3.63) is 28.2 Å². The van der Waals surface area contributed by atoms with Gasteiger partial charge in [-0.15, -0.1) is 0 Å². The molecule has 0 unspecified atom stereocenters. The van der Waals surface area contributed by atoms with E-state index in [1.54, 1.807) is 0 Å². The number of nitrogens with one attached hydrogen (secondary N) is 1. The molecule has 0 atom stereocenters. The molecule has 0 spiro atoms. The molecule has 1 rings (SSSR count). The van der Waals surface area contributed by atoms with Crippen molar-refractivity contribution < 1.29 is 8.78 Å². The van der Waals surface area contributed by atoms with Crippen LogP contribution in [0.2, 0.25) is 0 Å². The Hall–Kier alpha value is -1.99. The van der Waals surface area contributed by atoms with Crippen LogP contribution in [-0.4, -0.2) is 5.71 Å². The zero-order valence-electron chi connectivity index (χ0n) is 7.63. The van der Waals surface area contributed by atoms with Gasteiger partial charge in [0.2, 0.25) is 5.71 Å². The maximum Gasteiger partial charge on any atom is 0.237 e. The molecule has 80 valence electrons. The van der Waals surface area contributed by atoms with Gasteiger partial charge in [0.1, 0.15) is 12.1 Å². The van der Waals surface area contributed by atoms with Gasteiger partial charge < -0.3 is 0 Å². The fraction of sp³-hybridized carbons (Fsp3) is 0. The molecule has 0 aliphatic carbocycles. The van der Waals surface area contributed by atoms with Gasteiger partial charge in [-0.1, -0.05) is 0 Å². The van der Waals surface area contributed by atoms with Gasteiger partial charge in [0, 0.05) is 6.07 Å². The van der Waals surface area contributed by atoms with Crippen molar-refractivity contribution in [1.82, 2.24) is 0 Å². The molecule has 1 N–H and O–H groups in total. The third-order valence-corrected chi connectivity index (χ3v) is 2.07. The Morgan fingerprint density at radius 2 is 1.94 bits per heavy atom. The summed E-state index contributed by atoms with van der Waals surface area (Å²) >= 11 is 2.80. The minimum atomic E-state index is -1.07. The monoisotopic (exact) mass is 284 g/mol. The molecular weight excluding hydrogens is 282 g/mol. The van der Waals surface area contributed by atoms with E-state index in [1.807, 2.05) is 0 Å². The van der Waals surface area contributed by atoms with Crippen molar-refractivity contribution in [2.45, 2.75) is 0 Å². The van der Waals surface area contributed by atoms with Gasteiger partial charge in [-0.3, -0.25) is 5.43 Å². The first-order valence-corrected chi connectivity index (χ1v) is 4.66. The first-order chi connectivity index (χ1) is 7.58. The van der Waals surface area contributed by atoms with Gasteiger partial charge in [0.05, 0.1) is 10.2 Å². The Morgan fingerprint density at radius 3 is 2.44 bits per heavy atom. The summed E-state index contributed by atoms with van der Waals surface area (Å²) in [5.74, 6) is -2.09. The quantitative estimate of drug-likeness (QED) is 0.515. The molecule has 0 saturated heterocycles. The molecule has 1 aromatic rings. The second-order valence-corrected chi connectivity index (χ2v) is 3.40. The standard InChI is InChI=1S/C9H3BrF2N4/c10-7-1-5(2-8(11)9(7)12)15-16-6(3-13)4-14/h1-2,15H. The van der Waals surface area contributed by atoms with Gasteiger partial charge >= 0.3 is 0 Å². The molecule has 1 aromatic carbocycles. The average Bonchev–Trinajstić information content (AvgIpc) is 2.27. The molecule has 0 aliphatic rings. The lowest BCUT2D eigenvalue weighted by Gasteiger charge is -2.02. The number of hydrogen-bond donors (Lipinski definition) is 1. The Labute approximate surface area is 97.9 Å². The minimum absolute atomic E-state index is 0.0827. The first-order valence-electron chi connectivity index (χ1n) is 3.87. The molecule has 4 nitrogen and oxygen atoms in total. The van der Waals surface area contributed by atoms with Gasteiger partial charge in [0.15, 0.2) is 11.6 Å². The highest BCUT2D eigenvalue weighted by Crippen LogP contribution is 2.23. The Bertz CT molecular complexity index is 488. The highest BCUT2D eigenvalue weighted by atomic mass is 79.9. The fourth-order valence-corrected chi connectivity index (χ4v) is 1.25. The molecule has 16 heavy (non-hydrogen) atoms. The molecular formula is C9H3BrF2N4. The van der Waals surface area contributed by atoms with E-state index >= 15 is 0 Å². The van der Waals surface area contributed by atoms with Crippen molar-refractivity contribution in [2.75, 3.05) is 5.43 Å². The van der Waals surface area contributed by atoms with E-state index < -0.39 is 17.3 Å². The van der Waals surface area contributed by atoms with Crippen LogP contribution in [0.3, 0.4) is 0 Å². The Morgan fingerprint density at radius 1 is 1.31 bits per heavy atom.